The lowest BCUT2D eigenvalue weighted by atomic mass is 10.00. The topological polar surface area (TPSA) is 94.9 Å². The summed E-state index contributed by atoms with van der Waals surface area (Å²) in [5, 5.41) is 0.938. The minimum atomic E-state index is -0.542. The van der Waals surface area contributed by atoms with Gasteiger partial charge in [-0.1, -0.05) is 45.0 Å². The molecule has 2 aliphatic heterocycles. The number of rotatable bonds is 6. The number of amides is 2. The van der Waals surface area contributed by atoms with Crippen molar-refractivity contribution in [3.05, 3.63) is 77.5 Å². The molecule has 2 saturated heterocycles. The van der Waals surface area contributed by atoms with Crippen molar-refractivity contribution < 1.29 is 14.3 Å². The van der Waals surface area contributed by atoms with Gasteiger partial charge in [0.25, 0.3) is 11.8 Å². The molecule has 0 radical (unpaired) electrons. The number of anilines is 1. The SMILES string of the molecule is C=C(/C=C(/C(N)=O)c1[nH]c2cc(C(=O)N3CCOCC3)ccc2c1C)c1ccc(N2CCN(C)CC2)cc1.CCC. The molecule has 2 fully saturated rings. The molecule has 3 heterocycles. The van der Waals surface area contributed by atoms with E-state index in [9.17, 15) is 9.59 Å². The Hall–Kier alpha value is -3.88. The Balaban J connectivity index is 0.00000124. The molecule has 1 aromatic heterocycles. The number of primary amides is 1. The molecule has 0 saturated carbocycles. The number of carbonyl (C=O) groups is 2. The normalized spacial score (nSPS) is 16.3. The predicted octanol–water partition coefficient (Wildman–Crippen LogP) is 4.70. The van der Waals surface area contributed by atoms with Crippen molar-refractivity contribution in [1.82, 2.24) is 14.8 Å². The minimum Gasteiger partial charge on any atom is -0.378 e. The number of morpholine rings is 1. The van der Waals surface area contributed by atoms with Crippen molar-refractivity contribution in [2.75, 3.05) is 64.4 Å². The zero-order chi connectivity index (χ0) is 29.5. The average molecular weight is 558 g/mol. The van der Waals surface area contributed by atoms with Crippen LogP contribution in [-0.2, 0) is 9.53 Å². The van der Waals surface area contributed by atoms with E-state index in [0.717, 1.165) is 48.2 Å². The lowest BCUT2D eigenvalue weighted by molar-refractivity contribution is -0.112. The molecule has 2 amide bonds. The molecule has 0 spiro atoms. The summed E-state index contributed by atoms with van der Waals surface area (Å²) in [4.78, 5) is 35.4. The Kier molecular flexibility index (Phi) is 10.0. The van der Waals surface area contributed by atoms with E-state index in [1.54, 1.807) is 11.0 Å². The first-order chi connectivity index (χ1) is 19.7. The van der Waals surface area contributed by atoms with Gasteiger partial charge in [-0.05, 0) is 61.0 Å². The van der Waals surface area contributed by atoms with Crippen LogP contribution in [0, 0.1) is 6.92 Å². The van der Waals surface area contributed by atoms with Crippen LogP contribution in [-0.4, -0.2) is 86.1 Å². The molecule has 2 aromatic carbocycles. The van der Waals surface area contributed by atoms with Gasteiger partial charge in [-0.25, -0.2) is 0 Å². The third kappa shape index (κ3) is 7.07. The molecule has 3 aromatic rings. The number of H-pyrrole nitrogens is 1. The number of likely N-dealkylation sites (N-methyl/N-ethyl adjacent to an activating group) is 1. The summed E-state index contributed by atoms with van der Waals surface area (Å²) in [6, 6.07) is 13.9. The second kappa shape index (κ2) is 13.7. The van der Waals surface area contributed by atoms with Gasteiger partial charge in [0.1, 0.15) is 0 Å². The van der Waals surface area contributed by atoms with Crippen LogP contribution >= 0.6 is 0 Å². The highest BCUT2D eigenvalue weighted by Gasteiger charge is 2.21. The molecule has 2 aliphatic rings. The van der Waals surface area contributed by atoms with Gasteiger partial charge >= 0.3 is 0 Å². The Labute approximate surface area is 243 Å². The Bertz CT molecular complexity index is 1410. The Morgan fingerprint density at radius 2 is 1.59 bits per heavy atom. The maximum Gasteiger partial charge on any atom is 0.254 e. The van der Waals surface area contributed by atoms with E-state index in [0.29, 0.717) is 48.7 Å². The largest absolute Gasteiger partial charge is 0.378 e. The van der Waals surface area contributed by atoms with Crippen LogP contribution in [0.2, 0.25) is 0 Å². The fourth-order valence-corrected chi connectivity index (χ4v) is 5.16. The second-order valence-electron chi connectivity index (χ2n) is 10.8. The third-order valence-electron chi connectivity index (χ3n) is 7.56. The first kappa shape index (κ1) is 30.1. The number of nitrogens with one attached hydrogen (secondary N) is 1. The van der Waals surface area contributed by atoms with E-state index in [2.05, 4.69) is 54.4 Å². The fourth-order valence-electron chi connectivity index (χ4n) is 5.16. The predicted molar refractivity (Wildman–Crippen MR) is 168 cm³/mol. The van der Waals surface area contributed by atoms with E-state index in [4.69, 9.17) is 10.5 Å². The number of hydrogen-bond donors (Lipinski definition) is 2. The van der Waals surface area contributed by atoms with Crippen LogP contribution in [0.4, 0.5) is 5.69 Å². The van der Waals surface area contributed by atoms with Crippen LogP contribution in [0.15, 0.2) is 55.1 Å². The first-order valence-electron chi connectivity index (χ1n) is 14.5. The average Bonchev–Trinajstić information content (AvgIpc) is 3.31. The quantitative estimate of drug-likeness (QED) is 0.339. The maximum absolute atomic E-state index is 13.0. The number of aromatic nitrogens is 1. The highest BCUT2D eigenvalue weighted by atomic mass is 16.5. The van der Waals surface area contributed by atoms with Crippen molar-refractivity contribution in [3.63, 3.8) is 0 Å². The van der Waals surface area contributed by atoms with E-state index < -0.39 is 5.91 Å². The van der Waals surface area contributed by atoms with Gasteiger partial charge in [0.2, 0.25) is 0 Å². The van der Waals surface area contributed by atoms with Crippen molar-refractivity contribution in [1.29, 1.82) is 0 Å². The molecule has 8 nitrogen and oxygen atoms in total. The number of carbonyl (C=O) groups excluding carboxylic acids is 2. The standard InChI is InChI=1S/C30H35N5O3.C3H8/c1-20(22-4-7-24(8-5-22)34-12-10-33(3)11-13-34)18-26(29(31)36)28-21(2)25-9-6-23(19-27(25)32-28)30(37)35-14-16-38-17-15-35;1-3-2/h4-9,18-19,32H,1,10-17H2,2-3H3,(H2,31,36);3H2,1-2H3/b26-18+;. The lowest BCUT2D eigenvalue weighted by Crippen LogP contribution is -2.44. The van der Waals surface area contributed by atoms with Crippen molar-refractivity contribution in [2.24, 2.45) is 5.73 Å². The number of allylic oxidation sites excluding steroid dienone is 2. The molecule has 218 valence electrons. The smallest absolute Gasteiger partial charge is 0.254 e. The summed E-state index contributed by atoms with van der Waals surface area (Å²) >= 11 is 0. The minimum absolute atomic E-state index is 0.0249. The van der Waals surface area contributed by atoms with Crippen LogP contribution in [0.5, 0.6) is 0 Å². The van der Waals surface area contributed by atoms with Gasteiger partial charge in [0.15, 0.2) is 0 Å². The molecular weight excluding hydrogens is 514 g/mol. The molecule has 8 heteroatoms. The molecule has 3 N–H and O–H groups in total. The van der Waals surface area contributed by atoms with Gasteiger partial charge in [-0.15, -0.1) is 0 Å². The van der Waals surface area contributed by atoms with Crippen LogP contribution < -0.4 is 10.6 Å². The number of ether oxygens (including phenoxy) is 1. The highest BCUT2D eigenvalue weighted by Crippen LogP contribution is 2.30. The summed E-state index contributed by atoms with van der Waals surface area (Å²) in [5.74, 6) is -0.567. The summed E-state index contributed by atoms with van der Waals surface area (Å²) in [6.07, 6.45) is 2.99. The zero-order valence-corrected chi connectivity index (χ0v) is 24.8. The number of benzene rings is 2. The fraction of sp³-hybridized carbons (Fsp3) is 0.394. The summed E-state index contributed by atoms with van der Waals surface area (Å²) in [7, 11) is 2.14. The molecule has 41 heavy (non-hydrogen) atoms. The number of aromatic amines is 1. The van der Waals surface area contributed by atoms with Crippen molar-refractivity contribution in [2.45, 2.75) is 27.2 Å². The Morgan fingerprint density at radius 1 is 0.976 bits per heavy atom. The highest BCUT2D eigenvalue weighted by molar-refractivity contribution is 6.21. The van der Waals surface area contributed by atoms with Gasteiger partial charge in [0, 0.05) is 61.4 Å². The van der Waals surface area contributed by atoms with E-state index in [1.807, 2.05) is 37.3 Å². The van der Waals surface area contributed by atoms with E-state index >= 15 is 0 Å². The second-order valence-corrected chi connectivity index (χ2v) is 10.8. The van der Waals surface area contributed by atoms with Crippen molar-refractivity contribution in [3.8, 4) is 0 Å². The Morgan fingerprint density at radius 3 is 2.20 bits per heavy atom. The number of nitrogens with two attached hydrogens (primary N) is 1. The molecule has 0 bridgehead atoms. The number of hydrogen-bond acceptors (Lipinski definition) is 5. The van der Waals surface area contributed by atoms with E-state index in [-0.39, 0.29) is 5.91 Å². The summed E-state index contributed by atoms with van der Waals surface area (Å²) in [5.41, 5.74) is 11.9. The molecule has 0 unspecified atom stereocenters. The number of piperazine rings is 1. The third-order valence-corrected chi connectivity index (χ3v) is 7.56. The lowest BCUT2D eigenvalue weighted by Gasteiger charge is -2.34. The summed E-state index contributed by atoms with van der Waals surface area (Å²) < 4.78 is 5.36. The number of nitrogens with zero attached hydrogens (tertiary/aromatic N) is 3. The number of aryl methyl sites for hydroxylation is 1. The molecule has 0 atom stereocenters. The van der Waals surface area contributed by atoms with Crippen LogP contribution in [0.1, 0.15) is 47.4 Å². The number of fused-ring (bicyclic) bond motifs is 1. The summed E-state index contributed by atoms with van der Waals surface area (Å²) in [6.45, 7) is 16.8. The van der Waals surface area contributed by atoms with E-state index in [1.165, 1.54) is 12.1 Å². The van der Waals surface area contributed by atoms with Crippen LogP contribution in [0.25, 0.3) is 22.0 Å². The van der Waals surface area contributed by atoms with Gasteiger partial charge in [0.05, 0.1) is 24.5 Å². The molecule has 5 rings (SSSR count). The van der Waals surface area contributed by atoms with Gasteiger partial charge in [-0.3, -0.25) is 9.59 Å². The molecule has 0 aliphatic carbocycles. The van der Waals surface area contributed by atoms with Crippen molar-refractivity contribution >= 4 is 39.6 Å². The maximum atomic E-state index is 13.0. The molecular formula is C33H43N5O3. The monoisotopic (exact) mass is 557 g/mol. The zero-order valence-electron chi connectivity index (χ0n) is 24.8. The van der Waals surface area contributed by atoms with Gasteiger partial charge in [-0.2, -0.15) is 0 Å². The first-order valence-corrected chi connectivity index (χ1v) is 14.5. The van der Waals surface area contributed by atoms with Crippen LogP contribution in [0.3, 0.4) is 0 Å². The van der Waals surface area contributed by atoms with Gasteiger partial charge < -0.3 is 30.2 Å².